The monoisotopic (exact) mass is 528 g/mol. The van der Waals surface area contributed by atoms with Crippen molar-refractivity contribution < 1.29 is 19.4 Å². The maximum absolute atomic E-state index is 11.9. The number of ether oxygens (including phenoxy) is 2. The predicted molar refractivity (Wildman–Crippen MR) is 163 cm³/mol. The van der Waals surface area contributed by atoms with Crippen LogP contribution in [-0.2, 0) is 14.3 Å². The molecule has 0 saturated heterocycles. The van der Waals surface area contributed by atoms with Gasteiger partial charge in [-0.3, -0.25) is 4.79 Å². The Kier molecular flexibility index (Phi) is 29.3. The highest BCUT2D eigenvalue weighted by molar-refractivity contribution is 5.69. The zero-order valence-corrected chi connectivity index (χ0v) is 24.4. The lowest BCUT2D eigenvalue weighted by atomic mass is 10.1. The molecule has 0 heterocycles. The van der Waals surface area contributed by atoms with Crippen molar-refractivity contribution in [2.75, 3.05) is 19.8 Å². The predicted octanol–water partition coefficient (Wildman–Crippen LogP) is 9.14. The molecule has 216 valence electrons. The molecule has 0 aromatic carbocycles. The van der Waals surface area contributed by atoms with Gasteiger partial charge in [-0.1, -0.05) is 119 Å². The van der Waals surface area contributed by atoms with Crippen LogP contribution >= 0.6 is 0 Å². The van der Waals surface area contributed by atoms with E-state index in [1.165, 1.54) is 25.7 Å². The van der Waals surface area contributed by atoms with Crippen LogP contribution in [0.3, 0.4) is 0 Å². The minimum atomic E-state index is -0.562. The Labute approximate surface area is 234 Å². The Morgan fingerprint density at radius 2 is 1.16 bits per heavy atom. The zero-order valence-electron chi connectivity index (χ0n) is 24.4. The number of aliphatic hydroxyl groups excluding tert-OH is 1. The Balaban J connectivity index is 3.64. The van der Waals surface area contributed by atoms with Gasteiger partial charge in [-0.15, -0.1) is 0 Å². The Morgan fingerprint density at radius 1 is 0.658 bits per heavy atom. The Morgan fingerprint density at radius 3 is 1.68 bits per heavy atom. The number of rotatable bonds is 26. The number of hydrogen-bond acceptors (Lipinski definition) is 4. The molecule has 0 aliphatic carbocycles. The van der Waals surface area contributed by atoms with E-state index in [4.69, 9.17) is 9.47 Å². The van der Waals surface area contributed by atoms with Crippen LogP contribution < -0.4 is 0 Å². The van der Waals surface area contributed by atoms with Crippen molar-refractivity contribution in [1.82, 2.24) is 0 Å². The van der Waals surface area contributed by atoms with Gasteiger partial charge in [0.2, 0.25) is 0 Å². The summed E-state index contributed by atoms with van der Waals surface area (Å²) < 4.78 is 10.9. The molecule has 0 aliphatic rings. The van der Waals surface area contributed by atoms with Gasteiger partial charge < -0.3 is 14.6 Å². The first-order valence-corrected chi connectivity index (χ1v) is 15.0. The maximum Gasteiger partial charge on any atom is 0.306 e. The summed E-state index contributed by atoms with van der Waals surface area (Å²) in [6, 6.07) is 0. The van der Waals surface area contributed by atoms with E-state index in [-0.39, 0.29) is 19.2 Å². The van der Waals surface area contributed by atoms with Crippen molar-refractivity contribution in [3.63, 3.8) is 0 Å². The number of hydrogen-bond donors (Lipinski definition) is 1. The van der Waals surface area contributed by atoms with Gasteiger partial charge in [-0.25, -0.2) is 0 Å². The van der Waals surface area contributed by atoms with E-state index in [0.717, 1.165) is 64.2 Å². The summed E-state index contributed by atoms with van der Waals surface area (Å²) in [5.41, 5.74) is 0. The highest BCUT2D eigenvalue weighted by atomic mass is 16.6. The normalized spacial score (nSPS) is 13.4. The standard InChI is InChI=1S/C34H56O4/c1-3-5-7-9-11-12-13-14-15-16-17-18-19-20-21-22-23-24-26-28-30-37-32-33(31-35)38-34(36)29-27-25-10-8-6-4-2/h5,7,11-12,14-15,17-18,20-21,23-24,33,35H,3-4,6,8-10,13,16,19,22,25-32H2,1-2H3/b7-5-,12-11-,15-14-,18-17-,21-20-,24-23-. The van der Waals surface area contributed by atoms with E-state index < -0.39 is 6.10 Å². The van der Waals surface area contributed by atoms with Crippen LogP contribution in [-0.4, -0.2) is 37.0 Å². The molecule has 0 saturated carbocycles. The molecular weight excluding hydrogens is 472 g/mol. The highest BCUT2D eigenvalue weighted by Crippen LogP contribution is 2.08. The topological polar surface area (TPSA) is 55.8 Å². The van der Waals surface area contributed by atoms with Crippen LogP contribution in [0.15, 0.2) is 72.9 Å². The molecule has 38 heavy (non-hydrogen) atoms. The fourth-order valence-electron chi connectivity index (χ4n) is 3.58. The molecule has 0 aromatic rings. The third-order valence-corrected chi connectivity index (χ3v) is 5.80. The van der Waals surface area contributed by atoms with Crippen molar-refractivity contribution in [3.05, 3.63) is 72.9 Å². The lowest BCUT2D eigenvalue weighted by Gasteiger charge is -2.15. The number of aliphatic hydroxyl groups is 1. The first kappa shape index (κ1) is 35.8. The Hall–Kier alpha value is -2.17. The van der Waals surface area contributed by atoms with Gasteiger partial charge in [0.25, 0.3) is 0 Å². The third kappa shape index (κ3) is 28.4. The molecule has 0 fully saturated rings. The van der Waals surface area contributed by atoms with Gasteiger partial charge in [0.1, 0.15) is 6.10 Å². The third-order valence-electron chi connectivity index (χ3n) is 5.80. The molecular formula is C34H56O4. The second-order valence-electron chi connectivity index (χ2n) is 9.44. The number of carbonyl (C=O) groups is 1. The van der Waals surface area contributed by atoms with E-state index >= 15 is 0 Å². The van der Waals surface area contributed by atoms with E-state index in [1.54, 1.807) is 0 Å². The molecule has 1 unspecified atom stereocenters. The van der Waals surface area contributed by atoms with Crippen LogP contribution in [0.2, 0.25) is 0 Å². The molecule has 1 N–H and O–H groups in total. The van der Waals surface area contributed by atoms with E-state index in [9.17, 15) is 9.90 Å². The van der Waals surface area contributed by atoms with Crippen LogP contribution in [0.5, 0.6) is 0 Å². The molecule has 0 rings (SSSR count). The highest BCUT2D eigenvalue weighted by Gasteiger charge is 2.13. The minimum Gasteiger partial charge on any atom is -0.457 e. The van der Waals surface area contributed by atoms with Gasteiger partial charge in [0, 0.05) is 13.0 Å². The average molecular weight is 529 g/mol. The molecule has 0 aromatic heterocycles. The summed E-state index contributed by atoms with van der Waals surface area (Å²) in [6.45, 7) is 5.00. The van der Waals surface area contributed by atoms with Gasteiger partial charge in [-0.05, 0) is 57.8 Å². The first-order chi connectivity index (χ1) is 18.7. The smallest absolute Gasteiger partial charge is 0.306 e. The summed E-state index contributed by atoms with van der Waals surface area (Å²) >= 11 is 0. The van der Waals surface area contributed by atoms with Crippen molar-refractivity contribution in [1.29, 1.82) is 0 Å². The SMILES string of the molecule is CC/C=C\C/C=C\C/C=C\C/C=C\C/C=C\C/C=C\CCCOCC(CO)OC(=O)CCCCCCCC. The van der Waals surface area contributed by atoms with Gasteiger partial charge in [-0.2, -0.15) is 0 Å². The van der Waals surface area contributed by atoms with Crippen LogP contribution in [0.1, 0.15) is 110 Å². The minimum absolute atomic E-state index is 0.199. The largest absolute Gasteiger partial charge is 0.457 e. The lowest BCUT2D eigenvalue weighted by Crippen LogP contribution is -2.27. The quantitative estimate of drug-likeness (QED) is 0.0691. The average Bonchev–Trinajstić information content (AvgIpc) is 2.92. The van der Waals surface area contributed by atoms with Crippen molar-refractivity contribution in [2.24, 2.45) is 0 Å². The summed E-state index contributed by atoms with van der Waals surface area (Å²) in [5, 5.41) is 9.43. The number of esters is 1. The van der Waals surface area contributed by atoms with E-state index in [1.807, 2.05) is 0 Å². The number of allylic oxidation sites excluding steroid dienone is 12. The number of carbonyl (C=O) groups excluding carboxylic acids is 1. The van der Waals surface area contributed by atoms with Crippen LogP contribution in [0, 0.1) is 0 Å². The molecule has 0 radical (unpaired) electrons. The van der Waals surface area contributed by atoms with E-state index in [2.05, 4.69) is 86.8 Å². The molecule has 4 heteroatoms. The maximum atomic E-state index is 11.9. The van der Waals surface area contributed by atoms with Crippen molar-refractivity contribution >= 4 is 5.97 Å². The summed E-state index contributed by atoms with van der Waals surface area (Å²) in [4.78, 5) is 11.9. The summed E-state index contributed by atoms with van der Waals surface area (Å²) in [5.74, 6) is -0.235. The second-order valence-corrected chi connectivity index (χ2v) is 9.44. The van der Waals surface area contributed by atoms with Crippen LogP contribution in [0.25, 0.3) is 0 Å². The van der Waals surface area contributed by atoms with Crippen molar-refractivity contribution in [2.45, 2.75) is 116 Å². The van der Waals surface area contributed by atoms with Crippen LogP contribution in [0.4, 0.5) is 0 Å². The number of unbranched alkanes of at least 4 members (excludes halogenated alkanes) is 6. The molecule has 0 spiro atoms. The molecule has 0 aliphatic heterocycles. The van der Waals surface area contributed by atoms with Gasteiger partial charge >= 0.3 is 5.97 Å². The Bertz CT molecular complexity index is 685. The summed E-state index contributed by atoms with van der Waals surface area (Å²) in [6.07, 6.45) is 41.0. The lowest BCUT2D eigenvalue weighted by molar-refractivity contribution is -0.154. The summed E-state index contributed by atoms with van der Waals surface area (Å²) in [7, 11) is 0. The van der Waals surface area contributed by atoms with Gasteiger partial charge in [0.05, 0.1) is 13.2 Å². The first-order valence-electron chi connectivity index (χ1n) is 15.0. The van der Waals surface area contributed by atoms with Crippen molar-refractivity contribution in [3.8, 4) is 0 Å². The van der Waals surface area contributed by atoms with E-state index in [0.29, 0.717) is 13.0 Å². The second kappa shape index (κ2) is 31.1. The molecule has 1 atom stereocenters. The molecule has 0 amide bonds. The molecule has 4 nitrogen and oxygen atoms in total. The fraction of sp³-hybridized carbons (Fsp3) is 0.618. The molecule has 0 bridgehead atoms. The fourth-order valence-corrected chi connectivity index (χ4v) is 3.58. The zero-order chi connectivity index (χ0) is 27.8. The van der Waals surface area contributed by atoms with Gasteiger partial charge in [0.15, 0.2) is 0 Å².